The Kier molecular flexibility index (Phi) is 74.1. The first kappa shape index (κ1) is 101. The Morgan fingerprint density at radius 3 is 0.660 bits per heavy atom. The van der Waals surface area contributed by atoms with Crippen molar-refractivity contribution in [2.45, 2.75) is 464 Å². The Bertz CT molecular complexity index is 1980. The minimum Gasteiger partial charge on any atom is -0.462 e. The average Bonchev–Trinajstić information content (AvgIpc) is 0.924. The molecule has 0 saturated carbocycles. The Hall–Kier alpha value is -1.94. The zero-order chi connectivity index (χ0) is 75.6. The molecular formula is C84H164O17P2. The van der Waals surface area contributed by atoms with Gasteiger partial charge in [0.25, 0.3) is 0 Å². The van der Waals surface area contributed by atoms with Gasteiger partial charge < -0.3 is 33.8 Å². The monoisotopic (exact) mass is 1510 g/mol. The molecule has 612 valence electrons. The second-order valence-electron chi connectivity index (χ2n) is 31.2. The molecule has 0 bridgehead atoms. The molecule has 5 atom stereocenters. The van der Waals surface area contributed by atoms with E-state index >= 15 is 0 Å². The summed E-state index contributed by atoms with van der Waals surface area (Å²) >= 11 is 0. The standard InChI is InChI=1S/C84H164O17P2/c1-7-9-11-13-15-16-17-18-19-20-21-22-23-24-25-26-34-39-44-50-56-62-69-84(89)101-80(73-95-82(87)67-61-55-49-43-38-33-29-27-31-36-41-47-52-58-64-76(3)4)75-99-103(92,93)97-71-78(85)70-96-102(90,91)98-74-79(72-94-81(86)66-60-54-46-14-12-10-8-2)100-83(88)68-63-57-51-45-40-35-30-28-32-37-42-48-53-59-65-77(5)6/h76-80,85H,7-75H2,1-6H3,(H,90,91)(H,92,93)/t78-,79+,80+/m0/s1. The molecular weight excluding hydrogens is 1340 g/mol. The molecule has 103 heavy (non-hydrogen) atoms. The highest BCUT2D eigenvalue weighted by Crippen LogP contribution is 2.45. The summed E-state index contributed by atoms with van der Waals surface area (Å²) < 4.78 is 68.7. The van der Waals surface area contributed by atoms with Crippen LogP contribution < -0.4 is 0 Å². The lowest BCUT2D eigenvalue weighted by molar-refractivity contribution is -0.161. The molecule has 19 heteroatoms. The molecule has 0 aromatic rings. The zero-order valence-corrected chi connectivity index (χ0v) is 69.4. The molecule has 0 aromatic heterocycles. The van der Waals surface area contributed by atoms with Crippen LogP contribution in [-0.2, 0) is 65.4 Å². The number of aliphatic hydroxyl groups is 1. The van der Waals surface area contributed by atoms with Crippen LogP contribution in [0.3, 0.4) is 0 Å². The van der Waals surface area contributed by atoms with E-state index < -0.39 is 97.5 Å². The smallest absolute Gasteiger partial charge is 0.462 e. The van der Waals surface area contributed by atoms with Gasteiger partial charge in [-0.05, 0) is 37.5 Å². The molecule has 0 amide bonds. The molecule has 2 unspecified atom stereocenters. The van der Waals surface area contributed by atoms with Crippen molar-refractivity contribution in [2.24, 2.45) is 11.8 Å². The van der Waals surface area contributed by atoms with Crippen molar-refractivity contribution < 1.29 is 80.2 Å². The molecule has 0 rings (SSSR count). The van der Waals surface area contributed by atoms with Crippen molar-refractivity contribution in [3.8, 4) is 0 Å². The Labute approximate surface area is 632 Å². The highest BCUT2D eigenvalue weighted by molar-refractivity contribution is 7.47. The molecule has 0 spiro atoms. The van der Waals surface area contributed by atoms with E-state index in [0.717, 1.165) is 115 Å². The summed E-state index contributed by atoms with van der Waals surface area (Å²) in [7, 11) is -9.92. The number of unbranched alkanes of at least 4 members (excludes halogenated alkanes) is 53. The molecule has 0 saturated heterocycles. The van der Waals surface area contributed by atoms with Crippen molar-refractivity contribution in [2.75, 3.05) is 39.6 Å². The lowest BCUT2D eigenvalue weighted by atomic mass is 10.0. The van der Waals surface area contributed by atoms with E-state index in [4.69, 9.17) is 37.0 Å². The van der Waals surface area contributed by atoms with Gasteiger partial charge in [0.05, 0.1) is 26.4 Å². The van der Waals surface area contributed by atoms with E-state index in [0.29, 0.717) is 25.7 Å². The fraction of sp³-hybridized carbons (Fsp3) is 0.952. The summed E-state index contributed by atoms with van der Waals surface area (Å²) in [6.07, 6.45) is 66.9. The van der Waals surface area contributed by atoms with Crippen LogP contribution in [-0.4, -0.2) is 96.7 Å². The number of phosphoric acid groups is 2. The predicted octanol–water partition coefficient (Wildman–Crippen LogP) is 25.5. The maximum Gasteiger partial charge on any atom is 0.472 e. The minimum atomic E-state index is -4.96. The minimum absolute atomic E-state index is 0.107. The van der Waals surface area contributed by atoms with Gasteiger partial charge in [0, 0.05) is 25.7 Å². The fourth-order valence-corrected chi connectivity index (χ4v) is 14.6. The Balaban J connectivity index is 5.16. The molecule has 0 aliphatic carbocycles. The van der Waals surface area contributed by atoms with Crippen LogP contribution in [0.4, 0.5) is 0 Å². The van der Waals surface area contributed by atoms with E-state index in [9.17, 15) is 43.2 Å². The highest BCUT2D eigenvalue weighted by Gasteiger charge is 2.30. The highest BCUT2D eigenvalue weighted by atomic mass is 31.2. The van der Waals surface area contributed by atoms with Crippen LogP contribution >= 0.6 is 15.6 Å². The SMILES string of the molecule is CCCCCCCCCCCCCCCCCCCCCCCCC(=O)O[C@H](COC(=O)CCCCCCCCCCCCCCCCC(C)C)COP(=O)(O)OC[C@@H](O)COP(=O)(O)OC[C@@H](COC(=O)CCCCCCCCC)OC(=O)CCCCCCCCCCCCCCCCC(C)C. The molecule has 0 heterocycles. The fourth-order valence-electron chi connectivity index (χ4n) is 13.1. The van der Waals surface area contributed by atoms with Crippen molar-refractivity contribution in [1.29, 1.82) is 0 Å². The van der Waals surface area contributed by atoms with Crippen LogP contribution in [0.2, 0.25) is 0 Å². The zero-order valence-electron chi connectivity index (χ0n) is 67.6. The quantitative estimate of drug-likeness (QED) is 0.0222. The molecule has 3 N–H and O–H groups in total. The van der Waals surface area contributed by atoms with E-state index in [2.05, 4.69) is 41.5 Å². The number of rotatable bonds is 83. The number of phosphoric ester groups is 2. The molecule has 0 radical (unpaired) electrons. The predicted molar refractivity (Wildman–Crippen MR) is 423 cm³/mol. The van der Waals surface area contributed by atoms with Crippen LogP contribution in [0.1, 0.15) is 446 Å². The van der Waals surface area contributed by atoms with Gasteiger partial charge in [-0.3, -0.25) is 37.3 Å². The third kappa shape index (κ3) is 78.0. The first-order valence-electron chi connectivity index (χ1n) is 43.5. The van der Waals surface area contributed by atoms with Crippen LogP contribution in [0.25, 0.3) is 0 Å². The number of carbonyl (C=O) groups excluding carboxylic acids is 4. The molecule has 0 aliphatic rings. The molecule has 17 nitrogen and oxygen atoms in total. The van der Waals surface area contributed by atoms with Gasteiger partial charge in [0.2, 0.25) is 0 Å². The van der Waals surface area contributed by atoms with E-state index in [1.165, 1.54) is 250 Å². The third-order valence-electron chi connectivity index (χ3n) is 19.7. The van der Waals surface area contributed by atoms with Gasteiger partial charge in [0.15, 0.2) is 12.2 Å². The first-order chi connectivity index (χ1) is 49.9. The normalized spacial score (nSPS) is 13.9. The lowest BCUT2D eigenvalue weighted by Gasteiger charge is -2.21. The third-order valence-corrected chi connectivity index (χ3v) is 21.6. The Morgan fingerprint density at radius 2 is 0.447 bits per heavy atom. The van der Waals surface area contributed by atoms with E-state index in [-0.39, 0.29) is 25.7 Å². The van der Waals surface area contributed by atoms with Gasteiger partial charge in [-0.1, -0.05) is 395 Å². The summed E-state index contributed by atoms with van der Waals surface area (Å²) in [6.45, 7) is 9.65. The first-order valence-corrected chi connectivity index (χ1v) is 46.5. The molecule has 0 aliphatic heterocycles. The van der Waals surface area contributed by atoms with Gasteiger partial charge in [-0.25, -0.2) is 9.13 Å². The van der Waals surface area contributed by atoms with Crippen molar-refractivity contribution >= 4 is 39.5 Å². The van der Waals surface area contributed by atoms with Crippen LogP contribution in [0.15, 0.2) is 0 Å². The molecule has 0 fully saturated rings. The number of hydrogen-bond acceptors (Lipinski definition) is 15. The van der Waals surface area contributed by atoms with E-state index in [1.807, 2.05) is 0 Å². The van der Waals surface area contributed by atoms with Gasteiger partial charge in [0.1, 0.15) is 19.3 Å². The summed E-state index contributed by atoms with van der Waals surface area (Å²) in [5, 5.41) is 10.6. The Morgan fingerprint density at radius 1 is 0.262 bits per heavy atom. The van der Waals surface area contributed by atoms with Crippen molar-refractivity contribution in [3.63, 3.8) is 0 Å². The number of esters is 4. The van der Waals surface area contributed by atoms with Gasteiger partial charge in [-0.15, -0.1) is 0 Å². The van der Waals surface area contributed by atoms with Crippen LogP contribution in [0, 0.1) is 11.8 Å². The summed E-state index contributed by atoms with van der Waals surface area (Å²) in [5.41, 5.74) is 0. The van der Waals surface area contributed by atoms with Crippen molar-refractivity contribution in [3.05, 3.63) is 0 Å². The molecule has 0 aromatic carbocycles. The van der Waals surface area contributed by atoms with Crippen LogP contribution in [0.5, 0.6) is 0 Å². The number of ether oxygens (including phenoxy) is 4. The second kappa shape index (κ2) is 75.5. The maximum absolute atomic E-state index is 13.1. The number of aliphatic hydroxyl groups excluding tert-OH is 1. The number of carbonyl (C=O) groups is 4. The summed E-state index contributed by atoms with van der Waals surface area (Å²) in [6, 6.07) is 0. The lowest BCUT2D eigenvalue weighted by Crippen LogP contribution is -2.30. The van der Waals surface area contributed by atoms with Gasteiger partial charge in [-0.2, -0.15) is 0 Å². The number of hydrogen-bond donors (Lipinski definition) is 3. The van der Waals surface area contributed by atoms with Crippen molar-refractivity contribution in [1.82, 2.24) is 0 Å². The maximum atomic E-state index is 13.1. The largest absolute Gasteiger partial charge is 0.472 e. The summed E-state index contributed by atoms with van der Waals surface area (Å²) in [4.78, 5) is 73.0. The van der Waals surface area contributed by atoms with E-state index in [1.54, 1.807) is 0 Å². The summed E-state index contributed by atoms with van der Waals surface area (Å²) in [5.74, 6) is -0.516. The van der Waals surface area contributed by atoms with Gasteiger partial charge >= 0.3 is 39.5 Å². The topological polar surface area (TPSA) is 237 Å². The average molecular weight is 1510 g/mol. The second-order valence-corrected chi connectivity index (χ2v) is 34.1.